The summed E-state index contributed by atoms with van der Waals surface area (Å²) in [5, 5.41) is 8.96. The second-order valence-electron chi connectivity index (χ2n) is 4.45. The maximum Gasteiger partial charge on any atom is 0.243 e. The minimum absolute atomic E-state index is 0. The number of rotatable bonds is 6. The average molecular weight is 404 g/mol. The largest absolute Gasteiger partial charge is 0.356 e. The molecule has 0 bridgehead atoms. The first-order chi connectivity index (χ1) is 9.69. The molecule has 0 spiro atoms. The van der Waals surface area contributed by atoms with E-state index in [1.165, 1.54) is 5.56 Å². The Bertz CT molecular complexity index is 463. The van der Waals surface area contributed by atoms with Gasteiger partial charge in [0, 0.05) is 19.3 Å². The highest BCUT2D eigenvalue weighted by atomic mass is 127. The lowest BCUT2D eigenvalue weighted by Gasteiger charge is -2.11. The molecule has 21 heavy (non-hydrogen) atoms. The third-order valence-corrected chi connectivity index (χ3v) is 2.80. The zero-order valence-corrected chi connectivity index (χ0v) is 15.2. The molecular formula is C15H25IN4O. The van der Waals surface area contributed by atoms with Crippen LogP contribution in [-0.2, 0) is 11.2 Å². The molecule has 6 heteroatoms. The van der Waals surface area contributed by atoms with Gasteiger partial charge in [-0.25, -0.2) is 0 Å². The summed E-state index contributed by atoms with van der Waals surface area (Å²) < 4.78 is 0. The Labute approximate surface area is 144 Å². The summed E-state index contributed by atoms with van der Waals surface area (Å²) in [6, 6.07) is 7.87. The Morgan fingerprint density at radius 2 is 2.00 bits per heavy atom. The molecule has 0 aliphatic heterocycles. The van der Waals surface area contributed by atoms with E-state index in [0.717, 1.165) is 25.1 Å². The number of halogens is 1. The number of nitrogens with one attached hydrogen (secondary N) is 3. The first-order valence-electron chi connectivity index (χ1n) is 7.02. The van der Waals surface area contributed by atoms with Gasteiger partial charge in [-0.15, -0.1) is 24.0 Å². The van der Waals surface area contributed by atoms with Gasteiger partial charge in [0.1, 0.15) is 0 Å². The molecule has 5 nitrogen and oxygen atoms in total. The molecule has 118 valence electrons. The Hall–Kier alpha value is -1.31. The zero-order valence-electron chi connectivity index (χ0n) is 12.9. The molecule has 3 N–H and O–H groups in total. The van der Waals surface area contributed by atoms with E-state index in [-0.39, 0.29) is 36.4 Å². The Morgan fingerprint density at radius 3 is 2.62 bits per heavy atom. The van der Waals surface area contributed by atoms with Crippen molar-refractivity contribution < 1.29 is 4.79 Å². The predicted octanol–water partition coefficient (Wildman–Crippen LogP) is 2.38. The van der Waals surface area contributed by atoms with Crippen molar-refractivity contribution in [2.75, 3.05) is 25.5 Å². The van der Waals surface area contributed by atoms with Gasteiger partial charge in [-0.1, -0.05) is 26.0 Å². The molecule has 1 aromatic carbocycles. The summed E-state index contributed by atoms with van der Waals surface area (Å²) in [5.41, 5.74) is 2.03. The van der Waals surface area contributed by atoms with Crippen LogP contribution >= 0.6 is 24.0 Å². The van der Waals surface area contributed by atoms with Gasteiger partial charge in [-0.3, -0.25) is 9.79 Å². The molecule has 0 radical (unpaired) electrons. The summed E-state index contributed by atoms with van der Waals surface area (Å²) >= 11 is 0. The quantitative estimate of drug-likeness (QED) is 0.388. The number of guanidine groups is 1. The Morgan fingerprint density at radius 1 is 1.24 bits per heavy atom. The lowest BCUT2D eigenvalue weighted by Crippen LogP contribution is -2.41. The molecule has 1 rings (SSSR count). The van der Waals surface area contributed by atoms with Gasteiger partial charge in [-0.05, 0) is 30.5 Å². The minimum atomic E-state index is -0.0855. The first-order valence-corrected chi connectivity index (χ1v) is 7.02. The molecule has 0 atom stereocenters. The number of carbonyl (C=O) groups is 1. The normalized spacial score (nSPS) is 10.5. The summed E-state index contributed by atoms with van der Waals surface area (Å²) in [6.45, 7) is 5.19. The van der Waals surface area contributed by atoms with Gasteiger partial charge in [0.25, 0.3) is 0 Å². The van der Waals surface area contributed by atoms with Crippen LogP contribution in [0.5, 0.6) is 0 Å². The minimum Gasteiger partial charge on any atom is -0.356 e. The summed E-state index contributed by atoms with van der Waals surface area (Å²) in [4.78, 5) is 15.9. The van der Waals surface area contributed by atoms with Gasteiger partial charge < -0.3 is 16.0 Å². The van der Waals surface area contributed by atoms with E-state index in [1.807, 2.05) is 24.3 Å². The predicted molar refractivity (Wildman–Crippen MR) is 99.5 cm³/mol. The lowest BCUT2D eigenvalue weighted by molar-refractivity contribution is -0.115. The molecule has 0 unspecified atom stereocenters. The fraction of sp³-hybridized carbons (Fsp3) is 0.467. The average Bonchev–Trinajstić information content (AvgIpc) is 2.47. The van der Waals surface area contributed by atoms with Crippen LogP contribution < -0.4 is 16.0 Å². The molecule has 0 heterocycles. The van der Waals surface area contributed by atoms with Crippen molar-refractivity contribution >= 4 is 41.5 Å². The summed E-state index contributed by atoms with van der Waals surface area (Å²) in [5.74, 6) is 0.557. The van der Waals surface area contributed by atoms with Crippen LogP contribution in [0.15, 0.2) is 29.3 Å². The number of hydrogen-bond acceptors (Lipinski definition) is 2. The second kappa shape index (κ2) is 11.4. The molecular weight excluding hydrogens is 379 g/mol. The summed E-state index contributed by atoms with van der Waals surface area (Å²) in [7, 11) is 1.69. The maximum absolute atomic E-state index is 11.8. The highest BCUT2D eigenvalue weighted by Crippen LogP contribution is 2.10. The highest BCUT2D eigenvalue weighted by Gasteiger charge is 2.04. The number of benzene rings is 1. The van der Waals surface area contributed by atoms with Crippen molar-refractivity contribution in [3.63, 3.8) is 0 Å². The molecule has 0 fully saturated rings. The van der Waals surface area contributed by atoms with Crippen molar-refractivity contribution in [2.45, 2.75) is 26.7 Å². The second-order valence-corrected chi connectivity index (χ2v) is 4.45. The van der Waals surface area contributed by atoms with E-state index < -0.39 is 0 Å². The standard InChI is InChI=1S/C15H24N4O.HI/c1-4-9-17-15(16-3)18-11-14(20)19-13-8-6-7-12(5-2)10-13;/h6-8,10H,4-5,9,11H2,1-3H3,(H,19,20)(H2,16,17,18);1H. The molecule has 0 aliphatic rings. The molecule has 0 saturated heterocycles. The molecule has 0 aliphatic carbocycles. The fourth-order valence-corrected chi connectivity index (χ4v) is 1.70. The number of aliphatic imine (C=N–C) groups is 1. The number of nitrogens with zero attached hydrogens (tertiary/aromatic N) is 1. The van der Waals surface area contributed by atoms with Crippen LogP contribution in [0.25, 0.3) is 0 Å². The van der Waals surface area contributed by atoms with E-state index in [2.05, 4.69) is 34.8 Å². The number of amides is 1. The van der Waals surface area contributed by atoms with Crippen molar-refractivity contribution in [3.8, 4) is 0 Å². The van der Waals surface area contributed by atoms with Gasteiger partial charge >= 0.3 is 0 Å². The van der Waals surface area contributed by atoms with Crippen LogP contribution in [0.3, 0.4) is 0 Å². The monoisotopic (exact) mass is 404 g/mol. The molecule has 1 aromatic rings. The smallest absolute Gasteiger partial charge is 0.243 e. The highest BCUT2D eigenvalue weighted by molar-refractivity contribution is 14.0. The number of carbonyl (C=O) groups excluding carboxylic acids is 1. The van der Waals surface area contributed by atoms with Crippen LogP contribution in [0.2, 0.25) is 0 Å². The van der Waals surface area contributed by atoms with Gasteiger partial charge in [0.2, 0.25) is 5.91 Å². The maximum atomic E-state index is 11.8. The van der Waals surface area contributed by atoms with Crippen LogP contribution in [-0.4, -0.2) is 32.0 Å². The van der Waals surface area contributed by atoms with Crippen LogP contribution in [0.1, 0.15) is 25.8 Å². The van der Waals surface area contributed by atoms with Crippen LogP contribution in [0.4, 0.5) is 5.69 Å². The lowest BCUT2D eigenvalue weighted by atomic mass is 10.1. The Balaban J connectivity index is 0.00000400. The van der Waals surface area contributed by atoms with Crippen molar-refractivity contribution in [1.29, 1.82) is 0 Å². The van der Waals surface area contributed by atoms with E-state index >= 15 is 0 Å². The molecule has 1 amide bonds. The van der Waals surface area contributed by atoms with E-state index in [4.69, 9.17) is 0 Å². The third-order valence-electron chi connectivity index (χ3n) is 2.80. The third kappa shape index (κ3) is 7.89. The summed E-state index contributed by atoms with van der Waals surface area (Å²) in [6.07, 6.45) is 1.96. The molecule has 0 saturated carbocycles. The van der Waals surface area contributed by atoms with E-state index in [1.54, 1.807) is 7.05 Å². The van der Waals surface area contributed by atoms with Crippen LogP contribution in [0, 0.1) is 0 Å². The first kappa shape index (κ1) is 19.7. The van der Waals surface area contributed by atoms with Gasteiger partial charge in [0.15, 0.2) is 5.96 Å². The SMILES string of the molecule is CCCNC(=NC)NCC(=O)Nc1cccc(CC)c1.I. The molecule has 0 aromatic heterocycles. The van der Waals surface area contributed by atoms with Gasteiger partial charge in [0.05, 0.1) is 6.54 Å². The van der Waals surface area contributed by atoms with Crippen molar-refractivity contribution in [3.05, 3.63) is 29.8 Å². The van der Waals surface area contributed by atoms with Gasteiger partial charge in [-0.2, -0.15) is 0 Å². The Kier molecular flexibility index (Phi) is 10.7. The number of hydrogen-bond donors (Lipinski definition) is 3. The van der Waals surface area contributed by atoms with E-state index in [0.29, 0.717) is 5.96 Å². The zero-order chi connectivity index (χ0) is 14.8. The number of anilines is 1. The van der Waals surface area contributed by atoms with Crippen molar-refractivity contribution in [1.82, 2.24) is 10.6 Å². The fourth-order valence-electron chi connectivity index (χ4n) is 1.70. The van der Waals surface area contributed by atoms with Crippen molar-refractivity contribution in [2.24, 2.45) is 4.99 Å². The topological polar surface area (TPSA) is 65.5 Å². The number of aryl methyl sites for hydroxylation is 1. The van der Waals surface area contributed by atoms with E-state index in [9.17, 15) is 4.79 Å².